The van der Waals surface area contributed by atoms with Crippen LogP contribution < -0.4 is 5.73 Å². The molecule has 3 N–H and O–H groups in total. The first-order chi connectivity index (χ1) is 10.2. The third kappa shape index (κ3) is 4.67. The quantitative estimate of drug-likeness (QED) is 0.442. The smallest absolute Gasteiger partial charge is 0.222 e. The fourth-order valence-electron chi connectivity index (χ4n) is 2.57. The van der Waals surface area contributed by atoms with E-state index in [1.54, 1.807) is 11.0 Å². The molecule has 0 aromatic rings. The number of aliphatic hydroxyl groups excluding tert-OH is 1. The summed E-state index contributed by atoms with van der Waals surface area (Å²) in [7, 11) is 0. The first-order valence-electron chi connectivity index (χ1n) is 7.53. The van der Waals surface area contributed by atoms with Crippen LogP contribution in [-0.2, 0) is 14.3 Å². The number of ether oxygens (including phenoxy) is 2. The molecule has 1 aliphatic carbocycles. The zero-order chi connectivity index (χ0) is 16.5. The standard InChI is InChI=1S/C15H25ClN2O4/c1-15(2,3)22-14(20)18-7-10(8-18)21-9-4-5-12(16)11(6-9)13(17)19/h4-5,9-12,14,20H,6-8H2,1-3H3,(H2,17,19). The average Bonchev–Trinajstić information content (AvgIpc) is 2.32. The second kappa shape index (κ2) is 6.84. The maximum absolute atomic E-state index is 11.3. The lowest BCUT2D eigenvalue weighted by Crippen LogP contribution is -2.59. The molecule has 2 aliphatic rings. The number of aliphatic hydroxyl groups is 1. The minimum atomic E-state index is -0.924. The number of hydrogen-bond donors (Lipinski definition) is 2. The summed E-state index contributed by atoms with van der Waals surface area (Å²) in [4.78, 5) is 13.1. The van der Waals surface area contributed by atoms with Gasteiger partial charge in [-0.3, -0.25) is 9.69 Å². The Morgan fingerprint density at radius 3 is 2.59 bits per heavy atom. The number of carbonyl (C=O) groups is 1. The molecule has 4 unspecified atom stereocenters. The van der Waals surface area contributed by atoms with Crippen LogP contribution in [0.2, 0.25) is 0 Å². The second-order valence-electron chi connectivity index (χ2n) is 6.88. The lowest BCUT2D eigenvalue weighted by atomic mass is 9.91. The number of allylic oxidation sites excluding steroid dienone is 1. The molecule has 1 heterocycles. The molecular formula is C15H25ClN2O4. The largest absolute Gasteiger partial charge is 0.369 e. The van der Waals surface area contributed by atoms with Gasteiger partial charge in [-0.25, -0.2) is 0 Å². The Morgan fingerprint density at radius 2 is 2.05 bits per heavy atom. The van der Waals surface area contributed by atoms with E-state index in [1.165, 1.54) is 0 Å². The number of hydrogen-bond acceptors (Lipinski definition) is 5. The van der Waals surface area contributed by atoms with Gasteiger partial charge in [0.25, 0.3) is 0 Å². The van der Waals surface area contributed by atoms with Crippen LogP contribution in [-0.4, -0.2) is 58.6 Å². The molecule has 7 heteroatoms. The van der Waals surface area contributed by atoms with Gasteiger partial charge in [0.2, 0.25) is 12.3 Å². The minimum absolute atomic E-state index is 0.00766. The fraction of sp³-hybridized carbons (Fsp3) is 0.800. The number of carbonyl (C=O) groups excluding carboxylic acids is 1. The van der Waals surface area contributed by atoms with Crippen LogP contribution in [0.1, 0.15) is 27.2 Å². The average molecular weight is 333 g/mol. The first kappa shape index (κ1) is 17.7. The summed E-state index contributed by atoms with van der Waals surface area (Å²) in [6.07, 6.45) is 3.05. The van der Waals surface area contributed by atoms with Gasteiger partial charge in [-0.05, 0) is 27.2 Å². The Bertz CT molecular complexity index is 432. The van der Waals surface area contributed by atoms with Gasteiger partial charge in [0.05, 0.1) is 29.1 Å². The zero-order valence-electron chi connectivity index (χ0n) is 13.2. The van der Waals surface area contributed by atoms with E-state index in [0.717, 1.165) is 0 Å². The molecule has 1 saturated heterocycles. The van der Waals surface area contributed by atoms with E-state index in [4.69, 9.17) is 26.8 Å². The molecule has 6 nitrogen and oxygen atoms in total. The van der Waals surface area contributed by atoms with E-state index in [0.29, 0.717) is 19.5 Å². The highest BCUT2D eigenvalue weighted by Crippen LogP contribution is 2.28. The monoisotopic (exact) mass is 332 g/mol. The van der Waals surface area contributed by atoms with Crippen molar-refractivity contribution < 1.29 is 19.4 Å². The highest BCUT2D eigenvalue weighted by atomic mass is 35.5. The number of halogens is 1. The van der Waals surface area contributed by atoms with Crippen molar-refractivity contribution in [3.8, 4) is 0 Å². The van der Waals surface area contributed by atoms with Gasteiger partial charge < -0.3 is 20.3 Å². The third-order valence-electron chi connectivity index (χ3n) is 3.76. The molecule has 22 heavy (non-hydrogen) atoms. The first-order valence-corrected chi connectivity index (χ1v) is 7.96. The molecule has 0 saturated carbocycles. The summed E-state index contributed by atoms with van der Waals surface area (Å²) in [6, 6.07) is 0. The number of primary amides is 1. The zero-order valence-corrected chi connectivity index (χ0v) is 14.0. The van der Waals surface area contributed by atoms with Crippen molar-refractivity contribution in [1.29, 1.82) is 0 Å². The summed E-state index contributed by atoms with van der Waals surface area (Å²) < 4.78 is 11.4. The molecule has 126 valence electrons. The van der Waals surface area contributed by atoms with E-state index >= 15 is 0 Å². The molecule has 0 aromatic carbocycles. The highest BCUT2D eigenvalue weighted by molar-refractivity contribution is 6.23. The predicted octanol–water partition coefficient (Wildman–Crippen LogP) is 0.816. The van der Waals surface area contributed by atoms with Crippen molar-refractivity contribution in [3.63, 3.8) is 0 Å². The molecule has 0 aromatic heterocycles. The summed E-state index contributed by atoms with van der Waals surface area (Å²) >= 11 is 6.05. The van der Waals surface area contributed by atoms with Crippen molar-refractivity contribution >= 4 is 17.5 Å². The molecule has 1 aliphatic heterocycles. The van der Waals surface area contributed by atoms with Crippen molar-refractivity contribution in [2.45, 2.75) is 56.8 Å². The number of alkyl halides is 1. The third-order valence-corrected chi connectivity index (χ3v) is 4.21. The molecule has 1 amide bonds. The van der Waals surface area contributed by atoms with Gasteiger partial charge in [0.1, 0.15) is 0 Å². The van der Waals surface area contributed by atoms with Gasteiger partial charge >= 0.3 is 0 Å². The molecular weight excluding hydrogens is 308 g/mol. The molecule has 2 rings (SSSR count). The van der Waals surface area contributed by atoms with E-state index < -0.39 is 23.8 Å². The van der Waals surface area contributed by atoms with Crippen LogP contribution in [0.3, 0.4) is 0 Å². The Morgan fingerprint density at radius 1 is 1.41 bits per heavy atom. The van der Waals surface area contributed by atoms with Crippen LogP contribution in [0.4, 0.5) is 0 Å². The Kier molecular flexibility index (Phi) is 5.50. The van der Waals surface area contributed by atoms with E-state index in [1.807, 2.05) is 26.8 Å². The van der Waals surface area contributed by atoms with E-state index in [2.05, 4.69) is 0 Å². The fourth-order valence-corrected chi connectivity index (χ4v) is 2.88. The van der Waals surface area contributed by atoms with Gasteiger partial charge in [-0.2, -0.15) is 0 Å². The summed E-state index contributed by atoms with van der Waals surface area (Å²) in [6.45, 7) is 6.86. The Hall–Kier alpha value is -0.660. The maximum Gasteiger partial charge on any atom is 0.222 e. The number of amides is 1. The molecule has 0 radical (unpaired) electrons. The topological polar surface area (TPSA) is 85.0 Å². The van der Waals surface area contributed by atoms with Gasteiger partial charge in [-0.1, -0.05) is 12.2 Å². The van der Waals surface area contributed by atoms with Crippen molar-refractivity contribution in [2.75, 3.05) is 13.1 Å². The van der Waals surface area contributed by atoms with Crippen molar-refractivity contribution in [1.82, 2.24) is 4.90 Å². The number of rotatable bonds is 5. The maximum atomic E-state index is 11.3. The van der Waals surface area contributed by atoms with E-state index in [-0.39, 0.29) is 17.6 Å². The predicted molar refractivity (Wildman–Crippen MR) is 83.2 cm³/mol. The summed E-state index contributed by atoms with van der Waals surface area (Å²) in [5, 5.41) is 9.57. The second-order valence-corrected chi connectivity index (χ2v) is 7.38. The SMILES string of the molecule is CC(C)(C)OC(O)N1CC(OC2C=CC(Cl)C(C(N)=O)C2)C1. The van der Waals surface area contributed by atoms with E-state index in [9.17, 15) is 9.90 Å². The molecule has 0 spiro atoms. The number of likely N-dealkylation sites (tertiary alicyclic amines) is 1. The highest BCUT2D eigenvalue weighted by Gasteiger charge is 2.37. The van der Waals surface area contributed by atoms with Crippen LogP contribution in [0.5, 0.6) is 0 Å². The van der Waals surface area contributed by atoms with Crippen molar-refractivity contribution in [3.05, 3.63) is 12.2 Å². The molecule has 1 fully saturated rings. The lowest BCUT2D eigenvalue weighted by Gasteiger charge is -2.44. The van der Waals surface area contributed by atoms with Crippen molar-refractivity contribution in [2.24, 2.45) is 11.7 Å². The van der Waals surface area contributed by atoms with Crippen LogP contribution in [0, 0.1) is 5.92 Å². The van der Waals surface area contributed by atoms with Crippen LogP contribution in [0.25, 0.3) is 0 Å². The lowest BCUT2D eigenvalue weighted by molar-refractivity contribution is -0.273. The van der Waals surface area contributed by atoms with Gasteiger partial charge in [0.15, 0.2) is 0 Å². The van der Waals surface area contributed by atoms with Crippen LogP contribution in [0.15, 0.2) is 12.2 Å². The minimum Gasteiger partial charge on any atom is -0.369 e. The number of nitrogens with zero attached hydrogens (tertiary/aromatic N) is 1. The summed E-state index contributed by atoms with van der Waals surface area (Å²) in [5.41, 5.74) is 4.95. The van der Waals surface area contributed by atoms with Crippen LogP contribution >= 0.6 is 11.6 Å². The number of nitrogens with two attached hydrogens (primary N) is 1. The van der Waals surface area contributed by atoms with Gasteiger partial charge in [-0.15, -0.1) is 11.6 Å². The van der Waals surface area contributed by atoms with Gasteiger partial charge in [0, 0.05) is 13.1 Å². The molecule has 0 bridgehead atoms. The normalized spacial score (nSPS) is 31.8. The Labute approximate surface area is 136 Å². The Balaban J connectivity index is 1.76. The molecule has 4 atom stereocenters. The summed E-state index contributed by atoms with van der Waals surface area (Å²) in [5.74, 6) is -0.801.